The first-order valence-corrected chi connectivity index (χ1v) is 9.64. The fourth-order valence-corrected chi connectivity index (χ4v) is 10.9. The Kier molecular flexibility index (Phi) is 2.68. The molecule has 0 aliphatic heterocycles. The number of esters is 1. The minimum Gasteiger partial charge on any atom is -0.462 e. The van der Waals surface area contributed by atoms with Crippen LogP contribution in [0.3, 0.4) is 0 Å². The van der Waals surface area contributed by atoms with Crippen molar-refractivity contribution in [3.8, 4) is 0 Å². The summed E-state index contributed by atoms with van der Waals surface area (Å²) < 4.78 is 4.21. The van der Waals surface area contributed by atoms with Crippen LogP contribution in [-0.4, -0.2) is 36.4 Å². The summed E-state index contributed by atoms with van der Waals surface area (Å²) in [6.07, 6.45) is 0.594. The Bertz CT molecular complexity index is 626. The van der Waals surface area contributed by atoms with Crippen LogP contribution in [0.25, 0.3) is 0 Å². The molecule has 10 atom stereocenters. The molecule has 2 nitrogen and oxygen atoms in total. The normalized spacial score (nSPS) is 68.2. The molecule has 0 N–H and O–H groups in total. The molecule has 0 aromatic rings. The predicted molar refractivity (Wildman–Crippen MR) is 87.5 cm³/mol. The fraction of sp³-hybridized carbons (Fsp3) is 0.929. The molecule has 0 radical (unpaired) electrons. The monoisotopic (exact) mass is 422 g/mol. The van der Waals surface area contributed by atoms with Gasteiger partial charge >= 0.3 is 5.97 Å². The second kappa shape index (κ2) is 3.81. The number of hydrogen-bond acceptors (Lipinski definition) is 2. The largest absolute Gasteiger partial charge is 0.462 e. The highest BCUT2D eigenvalue weighted by molar-refractivity contribution is 6.63. The third-order valence-corrected chi connectivity index (χ3v) is 12.0. The molecule has 5 rings (SSSR count). The van der Waals surface area contributed by atoms with E-state index in [9.17, 15) is 4.79 Å². The van der Waals surface area contributed by atoms with Crippen molar-refractivity contribution in [1.82, 2.24) is 0 Å². The molecule has 5 aliphatic rings. The summed E-state index contributed by atoms with van der Waals surface area (Å²) in [7, 11) is 0. The summed E-state index contributed by atoms with van der Waals surface area (Å²) in [5.41, 5.74) is 0. The van der Waals surface area contributed by atoms with Crippen molar-refractivity contribution in [3.05, 3.63) is 0 Å². The maximum absolute atomic E-state index is 11.5. The highest BCUT2D eigenvalue weighted by atomic mass is 35.5. The molecule has 122 valence electrons. The van der Waals surface area contributed by atoms with E-state index in [1.165, 1.54) is 6.92 Å². The van der Waals surface area contributed by atoms with Crippen molar-refractivity contribution in [2.24, 2.45) is 29.6 Å². The van der Waals surface area contributed by atoms with Gasteiger partial charge < -0.3 is 4.74 Å². The molecule has 4 bridgehead atoms. The first-order valence-electron chi connectivity index (χ1n) is 7.32. The average Bonchev–Trinajstić information content (AvgIpc) is 3.04. The smallest absolute Gasteiger partial charge is 0.302 e. The minimum atomic E-state index is -1.40. The summed E-state index contributed by atoms with van der Waals surface area (Å²) in [6, 6.07) is 0. The van der Waals surface area contributed by atoms with Crippen molar-refractivity contribution in [2.45, 2.75) is 43.8 Å². The van der Waals surface area contributed by atoms with E-state index >= 15 is 0 Å². The maximum Gasteiger partial charge on any atom is 0.302 e. The molecule has 0 saturated heterocycles. The van der Waals surface area contributed by atoms with Gasteiger partial charge in [0, 0.05) is 18.8 Å². The lowest BCUT2D eigenvalue weighted by atomic mass is 9.76. The van der Waals surface area contributed by atoms with Crippen molar-refractivity contribution in [1.29, 1.82) is 0 Å². The Morgan fingerprint density at radius 2 is 1.64 bits per heavy atom. The lowest BCUT2D eigenvalue weighted by Crippen LogP contribution is -2.54. The molecule has 0 heterocycles. The van der Waals surface area contributed by atoms with Crippen molar-refractivity contribution in [2.75, 3.05) is 0 Å². The van der Waals surface area contributed by atoms with Crippen LogP contribution in [0.5, 0.6) is 0 Å². The van der Waals surface area contributed by atoms with Crippen molar-refractivity contribution >= 4 is 75.6 Å². The van der Waals surface area contributed by atoms with E-state index in [0.717, 1.165) is 6.42 Å². The zero-order valence-corrected chi connectivity index (χ0v) is 15.9. The molecule has 0 amide bonds. The number of hydrogen-bond donors (Lipinski definition) is 0. The lowest BCUT2D eigenvalue weighted by molar-refractivity contribution is -0.152. The van der Waals surface area contributed by atoms with Gasteiger partial charge in [0.05, 0.1) is 10.3 Å². The lowest BCUT2D eigenvalue weighted by Gasteiger charge is -2.41. The molecule has 0 spiro atoms. The third kappa shape index (κ3) is 1.06. The Balaban J connectivity index is 1.79. The third-order valence-electron chi connectivity index (χ3n) is 7.06. The summed E-state index contributed by atoms with van der Waals surface area (Å²) in [4.78, 5) is 8.27. The van der Waals surface area contributed by atoms with Crippen LogP contribution in [-0.2, 0) is 9.53 Å². The molecule has 5 aliphatic carbocycles. The minimum absolute atomic E-state index is 0.0241. The van der Waals surface area contributed by atoms with E-state index in [-0.39, 0.29) is 41.7 Å². The number of alkyl halides is 6. The molecule has 0 aromatic heterocycles. The van der Waals surface area contributed by atoms with Gasteiger partial charge in [-0.3, -0.25) is 4.79 Å². The second-order valence-corrected chi connectivity index (χ2v) is 11.0. The highest BCUT2D eigenvalue weighted by Gasteiger charge is 3.00. The van der Waals surface area contributed by atoms with Gasteiger partial charge in [-0.25, -0.2) is 0 Å². The Hall–Kier alpha value is 1.21. The quantitative estimate of drug-likeness (QED) is 0.466. The summed E-state index contributed by atoms with van der Waals surface area (Å²) >= 11 is 41.1. The van der Waals surface area contributed by atoms with Crippen molar-refractivity contribution < 1.29 is 9.53 Å². The van der Waals surface area contributed by atoms with Crippen LogP contribution in [0.1, 0.15) is 13.3 Å². The van der Waals surface area contributed by atoms with Crippen LogP contribution in [0.2, 0.25) is 0 Å². The van der Waals surface area contributed by atoms with E-state index in [0.29, 0.717) is 0 Å². The molecule has 8 heteroatoms. The van der Waals surface area contributed by atoms with Gasteiger partial charge in [-0.2, -0.15) is 0 Å². The SMILES string of the molecule is CC(=O)O[C@H]1C2CC3C1C1(Cl)[C@H](Cl)C4(Cl)C2C3C1(Cl)C4(Cl)Cl. The van der Waals surface area contributed by atoms with E-state index in [1.54, 1.807) is 0 Å². The van der Waals surface area contributed by atoms with Gasteiger partial charge in [0.2, 0.25) is 0 Å². The Morgan fingerprint density at radius 1 is 1.00 bits per heavy atom. The zero-order chi connectivity index (χ0) is 16.0. The topological polar surface area (TPSA) is 26.3 Å². The summed E-state index contributed by atoms with van der Waals surface area (Å²) in [5.74, 6) is -0.251. The van der Waals surface area contributed by atoms with Crippen LogP contribution < -0.4 is 0 Å². The van der Waals surface area contributed by atoms with Crippen LogP contribution >= 0.6 is 69.6 Å². The van der Waals surface area contributed by atoms with Crippen LogP contribution in [0.4, 0.5) is 0 Å². The summed E-state index contributed by atoms with van der Waals surface area (Å²) in [5, 5.41) is -0.671. The van der Waals surface area contributed by atoms with Gasteiger partial charge in [0.25, 0.3) is 0 Å². The molecule has 0 aromatic carbocycles. The number of carbonyl (C=O) groups excluding carboxylic acids is 1. The van der Waals surface area contributed by atoms with E-state index < -0.39 is 24.3 Å². The Labute approximate surface area is 158 Å². The molecule has 5 fully saturated rings. The van der Waals surface area contributed by atoms with Gasteiger partial charge in [-0.1, -0.05) is 23.2 Å². The van der Waals surface area contributed by atoms with E-state index in [4.69, 9.17) is 74.3 Å². The number of rotatable bonds is 1. The number of ether oxygens (including phenoxy) is 1. The number of fused-ring (bicyclic) bond motifs is 5. The average molecular weight is 425 g/mol. The molecule has 22 heavy (non-hydrogen) atoms. The van der Waals surface area contributed by atoms with E-state index in [1.807, 2.05) is 0 Å². The summed E-state index contributed by atoms with van der Waals surface area (Å²) in [6.45, 7) is 1.40. The Morgan fingerprint density at radius 3 is 2.23 bits per heavy atom. The van der Waals surface area contributed by atoms with Crippen LogP contribution in [0, 0.1) is 29.6 Å². The van der Waals surface area contributed by atoms with Crippen LogP contribution in [0.15, 0.2) is 0 Å². The standard InChI is InChI=1S/C14H12Cl6O2/c1-3(21)22-9-5-2-4-7-6(5)12(17)10(15)11(16,8(4)9)13(7,18)14(12,19)20/h4-10H,2H2,1H3/t4?,5?,6?,7?,8?,9-,10-,11?,12?,13?/m0/s1. The van der Waals surface area contributed by atoms with E-state index in [2.05, 4.69) is 0 Å². The van der Waals surface area contributed by atoms with Crippen molar-refractivity contribution in [3.63, 3.8) is 0 Å². The van der Waals surface area contributed by atoms with Gasteiger partial charge in [0.1, 0.15) is 15.9 Å². The fourth-order valence-electron chi connectivity index (χ4n) is 6.80. The van der Waals surface area contributed by atoms with Gasteiger partial charge in [0.15, 0.2) is 4.33 Å². The first-order chi connectivity index (χ1) is 10.1. The molecular weight excluding hydrogens is 413 g/mol. The number of carbonyl (C=O) groups is 1. The van der Waals surface area contributed by atoms with Gasteiger partial charge in [-0.15, -0.1) is 46.4 Å². The van der Waals surface area contributed by atoms with Gasteiger partial charge in [-0.05, 0) is 24.2 Å². The molecule has 8 unspecified atom stereocenters. The first kappa shape index (κ1) is 15.5. The zero-order valence-electron chi connectivity index (χ0n) is 11.3. The molecular formula is C14H12Cl6O2. The maximum atomic E-state index is 11.5. The highest BCUT2D eigenvalue weighted by Crippen LogP contribution is 2.91. The molecule has 5 saturated carbocycles. The predicted octanol–water partition coefficient (Wildman–Crippen LogP) is 4.17. The number of halogens is 6. The second-order valence-electron chi connectivity index (χ2n) is 7.40.